The molecule has 2 N–H and O–H groups in total. The van der Waals surface area contributed by atoms with Crippen LogP contribution in [0.5, 0.6) is 0 Å². The summed E-state index contributed by atoms with van der Waals surface area (Å²) in [5.74, 6) is -0.400. The minimum Gasteiger partial charge on any atom is -0.463 e. The van der Waals surface area contributed by atoms with Crippen LogP contribution in [0.4, 0.5) is 5.69 Å². The van der Waals surface area contributed by atoms with E-state index in [9.17, 15) is 4.79 Å². The van der Waals surface area contributed by atoms with Gasteiger partial charge in [0.15, 0.2) is 11.5 Å². The minimum atomic E-state index is -0.648. The molecule has 0 unspecified atom stereocenters. The van der Waals surface area contributed by atoms with Gasteiger partial charge >= 0.3 is 5.97 Å². The lowest BCUT2D eigenvalue weighted by Gasteiger charge is -2.01. The molecule has 0 aliphatic carbocycles. The molecular weight excluding hydrogens is 236 g/mol. The van der Waals surface area contributed by atoms with E-state index < -0.39 is 5.97 Å². The van der Waals surface area contributed by atoms with Crippen molar-refractivity contribution in [1.29, 1.82) is 5.26 Å². The maximum absolute atomic E-state index is 11.2. The summed E-state index contributed by atoms with van der Waals surface area (Å²) in [4.78, 5) is 18.9. The number of aromatic nitrogens is 4. The average Bonchev–Trinajstić information content (AvgIpc) is 2.88. The Hall–Kier alpha value is -2.95. The Labute approximate surface area is 102 Å². The maximum Gasteiger partial charge on any atom is 0.377 e. The van der Waals surface area contributed by atoms with E-state index in [4.69, 9.17) is 11.0 Å². The van der Waals surface area contributed by atoms with E-state index in [-0.39, 0.29) is 17.2 Å². The molecule has 8 nitrogen and oxygen atoms in total. The number of esters is 1. The average molecular weight is 244 g/mol. The molecule has 0 aliphatic heterocycles. The molecule has 0 saturated heterocycles. The van der Waals surface area contributed by atoms with Crippen LogP contribution in [0.1, 0.15) is 16.3 Å². The van der Waals surface area contributed by atoms with E-state index >= 15 is 0 Å². The molecule has 0 atom stereocenters. The number of rotatable bonds is 2. The molecule has 8 heteroatoms. The van der Waals surface area contributed by atoms with Gasteiger partial charge in [-0.05, 0) is 12.1 Å². The first-order chi connectivity index (χ1) is 8.65. The Balaban J connectivity index is 2.41. The lowest BCUT2D eigenvalue weighted by atomic mass is 10.3. The Morgan fingerprint density at radius 2 is 2.33 bits per heavy atom. The summed E-state index contributed by atoms with van der Waals surface area (Å²) in [6, 6.07) is 4.95. The molecular formula is C10H8N6O2. The van der Waals surface area contributed by atoms with Crippen LogP contribution in [-0.2, 0) is 4.74 Å². The summed E-state index contributed by atoms with van der Waals surface area (Å²) in [6.45, 7) is 0. The van der Waals surface area contributed by atoms with E-state index in [1.54, 1.807) is 6.07 Å². The van der Waals surface area contributed by atoms with Gasteiger partial charge in [-0.2, -0.15) is 5.26 Å². The number of carbonyl (C=O) groups is 1. The van der Waals surface area contributed by atoms with Crippen LogP contribution in [0.2, 0.25) is 0 Å². The summed E-state index contributed by atoms with van der Waals surface area (Å²) in [5, 5.41) is 12.7. The van der Waals surface area contributed by atoms with Crippen molar-refractivity contribution in [3.05, 3.63) is 30.0 Å². The first kappa shape index (κ1) is 11.5. The quantitative estimate of drug-likeness (QED) is 0.732. The standard InChI is InChI=1S/C10H8N6O2/c1-18-10(17)9-13-5-16(15-9)8-3-2-6(12)7(4-11)14-8/h2-3,5H,12H2,1H3. The topological polar surface area (TPSA) is 120 Å². The molecule has 2 aromatic rings. The molecule has 0 saturated carbocycles. The Morgan fingerprint density at radius 1 is 1.56 bits per heavy atom. The van der Waals surface area contributed by atoms with Crippen molar-refractivity contribution in [2.24, 2.45) is 0 Å². The number of pyridine rings is 1. The highest BCUT2D eigenvalue weighted by Gasteiger charge is 2.13. The maximum atomic E-state index is 11.2. The van der Waals surface area contributed by atoms with Crippen LogP contribution >= 0.6 is 0 Å². The van der Waals surface area contributed by atoms with Gasteiger partial charge in [0, 0.05) is 0 Å². The van der Waals surface area contributed by atoms with E-state index in [1.807, 2.05) is 6.07 Å². The van der Waals surface area contributed by atoms with Crippen LogP contribution in [-0.4, -0.2) is 32.8 Å². The first-order valence-corrected chi connectivity index (χ1v) is 4.82. The predicted molar refractivity (Wildman–Crippen MR) is 59.6 cm³/mol. The highest BCUT2D eigenvalue weighted by atomic mass is 16.5. The lowest BCUT2D eigenvalue weighted by Crippen LogP contribution is -2.06. The highest BCUT2D eigenvalue weighted by Crippen LogP contribution is 2.11. The first-order valence-electron chi connectivity index (χ1n) is 4.82. The summed E-state index contributed by atoms with van der Waals surface area (Å²) >= 11 is 0. The number of nitriles is 1. The number of nitrogens with zero attached hydrogens (tertiary/aromatic N) is 5. The van der Waals surface area contributed by atoms with Gasteiger partial charge in [-0.25, -0.2) is 19.4 Å². The number of nitrogens with two attached hydrogens (primary N) is 1. The van der Waals surface area contributed by atoms with Gasteiger partial charge in [0.05, 0.1) is 12.8 Å². The molecule has 0 aliphatic rings. The number of ether oxygens (including phenoxy) is 1. The number of carbonyl (C=O) groups excluding carboxylic acids is 1. The molecule has 0 aromatic carbocycles. The van der Waals surface area contributed by atoms with Crippen molar-refractivity contribution in [3.63, 3.8) is 0 Å². The van der Waals surface area contributed by atoms with Crippen LogP contribution in [0.25, 0.3) is 5.82 Å². The fourth-order valence-electron chi connectivity index (χ4n) is 1.24. The van der Waals surface area contributed by atoms with Crippen molar-refractivity contribution in [1.82, 2.24) is 19.7 Å². The molecule has 2 heterocycles. The Bertz CT molecular complexity index is 642. The van der Waals surface area contributed by atoms with Crippen LogP contribution < -0.4 is 5.73 Å². The Morgan fingerprint density at radius 3 is 3.00 bits per heavy atom. The van der Waals surface area contributed by atoms with Crippen LogP contribution in [0.15, 0.2) is 18.5 Å². The van der Waals surface area contributed by atoms with E-state index in [0.29, 0.717) is 5.82 Å². The van der Waals surface area contributed by atoms with Crippen molar-refractivity contribution in [3.8, 4) is 11.9 Å². The third kappa shape index (κ3) is 1.97. The number of hydrogen-bond donors (Lipinski definition) is 1. The van der Waals surface area contributed by atoms with Crippen molar-refractivity contribution in [2.45, 2.75) is 0 Å². The third-order valence-corrected chi connectivity index (χ3v) is 2.11. The zero-order valence-electron chi connectivity index (χ0n) is 9.36. The molecule has 0 fully saturated rings. The van der Waals surface area contributed by atoms with Gasteiger partial charge in [0.25, 0.3) is 5.82 Å². The Kier molecular flexibility index (Phi) is 2.89. The lowest BCUT2D eigenvalue weighted by molar-refractivity contribution is 0.0587. The highest BCUT2D eigenvalue weighted by molar-refractivity contribution is 5.84. The molecule has 90 valence electrons. The molecule has 0 radical (unpaired) electrons. The van der Waals surface area contributed by atoms with Crippen LogP contribution in [0.3, 0.4) is 0 Å². The number of anilines is 1. The smallest absolute Gasteiger partial charge is 0.377 e. The molecule has 0 amide bonds. The second-order valence-electron chi connectivity index (χ2n) is 3.22. The van der Waals surface area contributed by atoms with Crippen molar-refractivity contribution < 1.29 is 9.53 Å². The van der Waals surface area contributed by atoms with Crippen LogP contribution in [0, 0.1) is 11.3 Å². The number of methoxy groups -OCH3 is 1. The summed E-state index contributed by atoms with van der Waals surface area (Å²) in [7, 11) is 1.23. The summed E-state index contributed by atoms with van der Waals surface area (Å²) < 4.78 is 5.74. The molecule has 0 bridgehead atoms. The number of hydrogen-bond acceptors (Lipinski definition) is 7. The molecule has 2 aromatic heterocycles. The molecule has 2 rings (SSSR count). The van der Waals surface area contributed by atoms with Gasteiger partial charge in [0.1, 0.15) is 12.4 Å². The second kappa shape index (κ2) is 4.50. The SMILES string of the molecule is COC(=O)c1ncn(-c2ccc(N)c(C#N)n2)n1. The monoisotopic (exact) mass is 244 g/mol. The zero-order chi connectivity index (χ0) is 13.1. The normalized spacial score (nSPS) is 9.78. The third-order valence-electron chi connectivity index (χ3n) is 2.11. The van der Waals surface area contributed by atoms with Gasteiger partial charge in [-0.15, -0.1) is 5.10 Å². The van der Waals surface area contributed by atoms with Crippen molar-refractivity contribution in [2.75, 3.05) is 12.8 Å². The molecule has 18 heavy (non-hydrogen) atoms. The zero-order valence-corrected chi connectivity index (χ0v) is 9.36. The van der Waals surface area contributed by atoms with E-state index in [0.717, 1.165) is 0 Å². The largest absolute Gasteiger partial charge is 0.463 e. The predicted octanol–water partition coefficient (Wildman–Crippen LogP) is -0.0972. The van der Waals surface area contributed by atoms with Gasteiger partial charge in [0.2, 0.25) is 0 Å². The minimum absolute atomic E-state index is 0.0858. The van der Waals surface area contributed by atoms with Gasteiger partial charge < -0.3 is 10.5 Å². The van der Waals surface area contributed by atoms with Crippen molar-refractivity contribution >= 4 is 11.7 Å². The molecule has 0 spiro atoms. The van der Waals surface area contributed by atoms with Gasteiger partial charge in [-0.3, -0.25) is 0 Å². The fourth-order valence-corrected chi connectivity index (χ4v) is 1.24. The van der Waals surface area contributed by atoms with Gasteiger partial charge in [-0.1, -0.05) is 0 Å². The summed E-state index contributed by atoms with van der Waals surface area (Å²) in [5.41, 5.74) is 5.91. The summed E-state index contributed by atoms with van der Waals surface area (Å²) in [6.07, 6.45) is 1.30. The van der Waals surface area contributed by atoms with E-state index in [1.165, 1.54) is 24.2 Å². The number of nitrogen functional groups attached to an aromatic ring is 1. The van der Waals surface area contributed by atoms with E-state index in [2.05, 4.69) is 19.8 Å². The second-order valence-corrected chi connectivity index (χ2v) is 3.22. The fraction of sp³-hybridized carbons (Fsp3) is 0.100.